The lowest BCUT2D eigenvalue weighted by atomic mass is 10.0. The number of anilines is 6. The smallest absolute Gasteiger partial charge is 0.240 e. The molecule has 0 aliphatic heterocycles. The SMILES string of the molecule is COc1cc2nccc(Oc3ccc(NC(=O)C4(C(=O)Nc5ccc(F)cc5)CC4)cc3)c2cc1OC.COc1cc2ncnc(Oc3ccc(NC(=O)C4(C(=O)Nc5ccc(F)cc5)CC4)cc3)c2cc1OC.COc1cc2ncnc(Oc3ccc(NC(=O)C4(C(=O)Nc5ccc(F)cc5)CC4)cc3F)c2cc1OC. The molecule has 3 saturated carbocycles. The van der Waals surface area contributed by atoms with Gasteiger partial charge in [-0.25, -0.2) is 37.5 Å². The summed E-state index contributed by atoms with van der Waals surface area (Å²) < 4.78 is 104. The Bertz CT molecular complexity index is 5340. The molecule has 570 valence electrons. The zero-order valence-electron chi connectivity index (χ0n) is 60.7. The van der Waals surface area contributed by atoms with E-state index in [0.29, 0.717) is 152 Å². The van der Waals surface area contributed by atoms with Gasteiger partial charge in [0.05, 0.1) is 70.0 Å². The Morgan fingerprint density at radius 1 is 0.295 bits per heavy atom. The number of aromatic nitrogens is 5. The highest BCUT2D eigenvalue weighted by Gasteiger charge is 2.58. The fraction of sp³-hybridized carbons (Fsp3) is 0.183. The molecule has 6 N–H and O–H groups in total. The molecule has 0 bridgehead atoms. The van der Waals surface area contributed by atoms with Crippen molar-refractivity contribution in [3.05, 3.63) is 224 Å². The maximum absolute atomic E-state index is 15.0. The highest BCUT2D eigenvalue weighted by Crippen LogP contribution is 2.51. The van der Waals surface area contributed by atoms with Crippen LogP contribution in [0.15, 0.2) is 201 Å². The lowest BCUT2D eigenvalue weighted by Crippen LogP contribution is -2.35. The summed E-state index contributed by atoms with van der Waals surface area (Å²) >= 11 is 0. The number of hydrogen-bond donors (Lipinski definition) is 6. The summed E-state index contributed by atoms with van der Waals surface area (Å²) in [5.74, 6) is 0.315. The predicted octanol–water partition coefficient (Wildman–Crippen LogP) is 15.6. The maximum atomic E-state index is 15.0. The van der Waals surface area contributed by atoms with E-state index in [1.54, 1.807) is 126 Å². The molecule has 0 atom stereocenters. The standard InChI is InChI=1S/C28H24FN3O5.C27H22F2N4O5.C27H23FN4O5/c1-35-24-15-21-22(16-25(24)36-2)30-14-11-23(21)37-20-9-7-19(8-10-20)32-27(34)28(12-13-28)26(33)31-18-5-3-17(29)4-6-18;1-36-22-12-18-20(13-23(22)37-2)30-14-31-24(18)38-21-8-7-17(11-19(21)29)33-26(35)27(9-10-27)25(34)32-16-5-3-15(28)4-6-16;1-35-22-13-20-21(14-23(22)36-2)29-15-30-24(20)37-19-9-7-18(8-10-19)32-26(34)27(11-12-27)25(33)31-17-5-3-16(28)4-6-17/h3-11,14-16H,12-13H2,1-2H3,(H,31,33)(H,32,34);3-8,11-14H,9-10H2,1-2H3,(H,32,34)(H,33,35);3-10,13-15H,11-12H2,1-2H3,(H,31,33)(H,32,34). The van der Waals surface area contributed by atoms with E-state index in [1.165, 1.54) is 112 Å². The molecule has 12 aromatic rings. The van der Waals surface area contributed by atoms with Crippen molar-refractivity contribution >= 4 is 102 Å². The topological polar surface area (TPSA) is 322 Å². The average Bonchev–Trinajstić information content (AvgIpc) is 1.58. The number of rotatable bonds is 24. The van der Waals surface area contributed by atoms with Gasteiger partial charge in [-0.05, 0) is 196 Å². The van der Waals surface area contributed by atoms with Crippen molar-refractivity contribution in [3.8, 4) is 69.3 Å². The van der Waals surface area contributed by atoms with Crippen LogP contribution in [0.4, 0.5) is 51.7 Å². The number of carbonyl (C=O) groups excluding carboxylic acids is 6. The van der Waals surface area contributed by atoms with Gasteiger partial charge in [0.15, 0.2) is 46.1 Å². The summed E-state index contributed by atoms with van der Waals surface area (Å²) in [6.45, 7) is 0. The fourth-order valence-corrected chi connectivity index (χ4v) is 11.8. The van der Waals surface area contributed by atoms with Gasteiger partial charge in [0.25, 0.3) is 0 Å². The number of ether oxygens (including phenoxy) is 9. The van der Waals surface area contributed by atoms with Gasteiger partial charge in [-0.15, -0.1) is 0 Å². The third kappa shape index (κ3) is 16.9. The summed E-state index contributed by atoms with van der Waals surface area (Å²) in [6.07, 6.45) is 6.74. The number of carbonyl (C=O) groups is 6. The van der Waals surface area contributed by atoms with Crippen LogP contribution in [0.2, 0.25) is 0 Å². The summed E-state index contributed by atoms with van der Waals surface area (Å²) in [5.41, 5.74) is 0.686. The first-order valence-corrected chi connectivity index (χ1v) is 34.6. The van der Waals surface area contributed by atoms with Crippen molar-refractivity contribution < 1.29 is 89.0 Å². The normalized spacial score (nSPS) is 13.5. The Kier molecular flexibility index (Phi) is 22.2. The summed E-state index contributed by atoms with van der Waals surface area (Å²) in [6, 6.07) is 45.6. The van der Waals surface area contributed by atoms with Crippen molar-refractivity contribution in [1.29, 1.82) is 0 Å². The van der Waals surface area contributed by atoms with Crippen molar-refractivity contribution in [3.63, 3.8) is 0 Å². The van der Waals surface area contributed by atoms with Crippen LogP contribution in [-0.2, 0) is 28.8 Å². The molecule has 26 nitrogen and oxygen atoms in total. The second-order valence-corrected chi connectivity index (χ2v) is 25.8. The third-order valence-corrected chi connectivity index (χ3v) is 18.6. The van der Waals surface area contributed by atoms with E-state index in [1.807, 2.05) is 0 Å². The molecule has 0 radical (unpaired) electrons. The number of pyridine rings is 1. The van der Waals surface area contributed by atoms with Crippen LogP contribution in [0.3, 0.4) is 0 Å². The van der Waals surface area contributed by atoms with Crippen molar-refractivity contribution in [1.82, 2.24) is 24.9 Å². The van der Waals surface area contributed by atoms with Gasteiger partial charge in [0.2, 0.25) is 47.2 Å². The number of nitrogens with one attached hydrogen (secondary N) is 6. The zero-order valence-corrected chi connectivity index (χ0v) is 60.7. The molecule has 3 aromatic heterocycles. The van der Waals surface area contributed by atoms with Crippen LogP contribution in [0.1, 0.15) is 38.5 Å². The summed E-state index contributed by atoms with van der Waals surface area (Å²) in [4.78, 5) is 98.2. The molecule has 3 aliphatic rings. The number of benzene rings is 9. The molecule has 0 spiro atoms. The Morgan fingerprint density at radius 2 is 0.589 bits per heavy atom. The van der Waals surface area contributed by atoms with Crippen LogP contribution in [0, 0.1) is 39.5 Å². The molecule has 3 aliphatic carbocycles. The van der Waals surface area contributed by atoms with Gasteiger partial charge in [-0.2, -0.15) is 0 Å². The molecule has 112 heavy (non-hydrogen) atoms. The third-order valence-electron chi connectivity index (χ3n) is 18.6. The molecular weight excluding hydrogens is 1450 g/mol. The monoisotopic (exact) mass is 1520 g/mol. The molecule has 30 heteroatoms. The van der Waals surface area contributed by atoms with E-state index < -0.39 is 69.0 Å². The number of fused-ring (bicyclic) bond motifs is 3. The Hall–Kier alpha value is -14.2. The van der Waals surface area contributed by atoms with Crippen LogP contribution < -0.4 is 74.5 Å². The largest absolute Gasteiger partial charge is 0.493 e. The first-order chi connectivity index (χ1) is 54.1. The van der Waals surface area contributed by atoms with Gasteiger partial charge in [-0.3, -0.25) is 33.8 Å². The van der Waals surface area contributed by atoms with Gasteiger partial charge in [0.1, 0.15) is 63.6 Å². The molecule has 0 saturated heterocycles. The van der Waals surface area contributed by atoms with E-state index in [-0.39, 0.29) is 23.2 Å². The average molecular weight is 1520 g/mol. The lowest BCUT2D eigenvalue weighted by Gasteiger charge is -2.16. The summed E-state index contributed by atoms with van der Waals surface area (Å²) in [5, 5.41) is 18.1. The highest BCUT2D eigenvalue weighted by atomic mass is 19.1. The molecule has 6 amide bonds. The second kappa shape index (κ2) is 32.7. The molecule has 3 fully saturated rings. The Balaban J connectivity index is 0.000000147. The Morgan fingerprint density at radius 3 is 0.929 bits per heavy atom. The molecule has 9 aromatic carbocycles. The van der Waals surface area contributed by atoms with E-state index in [0.717, 1.165) is 11.5 Å². The number of methoxy groups -OCH3 is 6. The van der Waals surface area contributed by atoms with Gasteiger partial charge >= 0.3 is 0 Å². The quantitative estimate of drug-likeness (QED) is 0.0242. The van der Waals surface area contributed by atoms with Crippen LogP contribution >= 0.6 is 0 Å². The van der Waals surface area contributed by atoms with Crippen molar-refractivity contribution in [2.45, 2.75) is 38.5 Å². The van der Waals surface area contributed by atoms with Crippen LogP contribution in [0.5, 0.6) is 69.3 Å². The first kappa shape index (κ1) is 76.0. The van der Waals surface area contributed by atoms with E-state index >= 15 is 0 Å². The molecule has 0 unspecified atom stereocenters. The number of hydrogen-bond acceptors (Lipinski definition) is 20. The van der Waals surface area contributed by atoms with Crippen LogP contribution in [0.25, 0.3) is 32.7 Å². The highest BCUT2D eigenvalue weighted by molar-refractivity contribution is 6.19. The predicted molar refractivity (Wildman–Crippen MR) is 406 cm³/mol. The second-order valence-electron chi connectivity index (χ2n) is 25.8. The fourth-order valence-electron chi connectivity index (χ4n) is 11.8. The van der Waals surface area contributed by atoms with E-state index in [4.69, 9.17) is 42.6 Å². The lowest BCUT2D eigenvalue weighted by molar-refractivity contribution is -0.132. The maximum Gasteiger partial charge on any atom is 0.240 e. The minimum atomic E-state index is -1.28. The zero-order chi connectivity index (χ0) is 78.8. The summed E-state index contributed by atoms with van der Waals surface area (Å²) in [7, 11) is 9.20. The van der Waals surface area contributed by atoms with Crippen LogP contribution in [-0.4, -0.2) is 103 Å². The van der Waals surface area contributed by atoms with E-state index in [2.05, 4.69) is 56.8 Å². The molecule has 15 rings (SSSR count). The Labute approximate surface area is 636 Å². The van der Waals surface area contributed by atoms with Gasteiger partial charge < -0.3 is 74.5 Å². The van der Waals surface area contributed by atoms with Gasteiger partial charge in [-0.1, -0.05) is 0 Å². The first-order valence-electron chi connectivity index (χ1n) is 34.6. The number of nitrogens with zero attached hydrogens (tertiary/aromatic N) is 5. The van der Waals surface area contributed by atoms with Crippen molar-refractivity contribution in [2.75, 3.05) is 74.6 Å². The number of halogens is 4. The minimum absolute atomic E-state index is 0.0982. The minimum Gasteiger partial charge on any atom is -0.493 e. The molecule has 3 heterocycles. The van der Waals surface area contributed by atoms with E-state index in [9.17, 15) is 46.3 Å². The van der Waals surface area contributed by atoms with Gasteiger partial charge in [0, 0.05) is 70.0 Å². The molecular formula is C82H69F4N11O15. The number of amides is 6. The van der Waals surface area contributed by atoms with Crippen molar-refractivity contribution in [2.24, 2.45) is 16.2 Å².